The van der Waals surface area contributed by atoms with Crippen LogP contribution in [0, 0.1) is 13.8 Å². The molecule has 2 aromatic rings. The Hall–Kier alpha value is -2.36. The molecule has 0 saturated heterocycles. The lowest BCUT2D eigenvalue weighted by molar-refractivity contribution is 0.380. The van der Waals surface area contributed by atoms with Gasteiger partial charge in [0.1, 0.15) is 23.0 Å². The number of benzene rings is 2. The molecule has 0 N–H and O–H groups in total. The van der Waals surface area contributed by atoms with E-state index in [0.717, 1.165) is 29.4 Å². The highest BCUT2D eigenvalue weighted by atomic mass is 16.5. The third-order valence-electron chi connectivity index (χ3n) is 9.36. The first kappa shape index (κ1) is 21.2. The Morgan fingerprint density at radius 2 is 0.818 bits per heavy atom. The van der Waals surface area contributed by atoms with Crippen molar-refractivity contribution in [1.82, 2.24) is 0 Å². The van der Waals surface area contributed by atoms with Gasteiger partial charge in [-0.05, 0) is 87.2 Å². The van der Waals surface area contributed by atoms with Crippen LogP contribution in [0.25, 0.3) is 0 Å². The summed E-state index contributed by atoms with van der Waals surface area (Å²) < 4.78 is 24.5. The first-order chi connectivity index (χ1) is 16.0. The van der Waals surface area contributed by atoms with Gasteiger partial charge in [-0.25, -0.2) is 0 Å². The van der Waals surface area contributed by atoms with E-state index in [1.807, 2.05) is 28.4 Å². The number of fused-ring (bicyclic) bond motifs is 10. The molecule has 33 heavy (non-hydrogen) atoms. The first-order valence-electron chi connectivity index (χ1n) is 12.6. The van der Waals surface area contributed by atoms with Crippen molar-refractivity contribution < 1.29 is 18.9 Å². The minimum atomic E-state index is 0.599. The van der Waals surface area contributed by atoms with Crippen molar-refractivity contribution in [2.75, 3.05) is 28.4 Å². The standard InChI is InChI=1S/C29H36O4/c1-14-20(28(32-5)24-18-9-7-16(11-18)22(24)26(14)30-3)13-21-15(2)27(31-4)23-17-8-10-19(12-17)25(23)29(21)33-6/h16-19H,7-13H2,1-6H3/t16-,17+,18+,19-. The number of hydrogen-bond acceptors (Lipinski definition) is 4. The highest BCUT2D eigenvalue weighted by molar-refractivity contribution is 5.69. The minimum absolute atomic E-state index is 0.599. The van der Waals surface area contributed by atoms with Gasteiger partial charge in [-0.15, -0.1) is 0 Å². The van der Waals surface area contributed by atoms with Gasteiger partial charge in [0.2, 0.25) is 0 Å². The number of methoxy groups -OCH3 is 4. The molecule has 0 amide bonds. The molecule has 176 valence electrons. The van der Waals surface area contributed by atoms with Crippen LogP contribution in [0.2, 0.25) is 0 Å². The van der Waals surface area contributed by atoms with E-state index in [4.69, 9.17) is 18.9 Å². The van der Waals surface area contributed by atoms with Crippen molar-refractivity contribution in [3.63, 3.8) is 0 Å². The van der Waals surface area contributed by atoms with Gasteiger partial charge in [-0.3, -0.25) is 0 Å². The largest absolute Gasteiger partial charge is 0.496 e. The fourth-order valence-corrected chi connectivity index (χ4v) is 8.06. The lowest BCUT2D eigenvalue weighted by Gasteiger charge is -2.29. The predicted molar refractivity (Wildman–Crippen MR) is 130 cm³/mol. The van der Waals surface area contributed by atoms with Crippen molar-refractivity contribution in [2.45, 2.75) is 82.5 Å². The average molecular weight is 449 g/mol. The van der Waals surface area contributed by atoms with Crippen molar-refractivity contribution in [3.05, 3.63) is 44.5 Å². The molecular weight excluding hydrogens is 412 g/mol. The number of ether oxygens (including phenoxy) is 4. The van der Waals surface area contributed by atoms with Gasteiger partial charge >= 0.3 is 0 Å². The summed E-state index contributed by atoms with van der Waals surface area (Å²) in [6.07, 6.45) is 8.31. The lowest BCUT2D eigenvalue weighted by atomic mass is 9.81. The SMILES string of the molecule is COc1c(C)c(Cc2c(C)c(OC)c3c(c2OC)[C@H]2CC[C@@H]3C2)c(OC)c2c1[C@H]1CC[C@@H]2C1. The summed E-state index contributed by atoms with van der Waals surface area (Å²) >= 11 is 0. The van der Waals surface area contributed by atoms with Crippen LogP contribution in [0.3, 0.4) is 0 Å². The van der Waals surface area contributed by atoms with Gasteiger partial charge in [0, 0.05) is 39.8 Å². The maximum atomic E-state index is 6.18. The van der Waals surface area contributed by atoms with E-state index in [-0.39, 0.29) is 0 Å². The smallest absolute Gasteiger partial charge is 0.126 e. The fourth-order valence-electron chi connectivity index (χ4n) is 8.06. The summed E-state index contributed by atoms with van der Waals surface area (Å²) in [6, 6.07) is 0. The highest BCUT2D eigenvalue weighted by Crippen LogP contribution is 2.62. The summed E-state index contributed by atoms with van der Waals surface area (Å²) in [5.74, 6) is 6.76. The molecule has 2 saturated carbocycles. The second kappa shape index (κ2) is 7.58. The molecule has 0 aliphatic heterocycles. The Bertz CT molecular complexity index is 1060. The van der Waals surface area contributed by atoms with Crippen LogP contribution in [0.1, 0.15) is 107 Å². The zero-order valence-corrected chi connectivity index (χ0v) is 20.9. The maximum Gasteiger partial charge on any atom is 0.126 e. The van der Waals surface area contributed by atoms with Gasteiger partial charge in [-0.1, -0.05) is 0 Å². The maximum absolute atomic E-state index is 6.18. The summed E-state index contributed by atoms with van der Waals surface area (Å²) in [5, 5.41) is 0. The monoisotopic (exact) mass is 448 g/mol. The molecule has 2 aromatic carbocycles. The molecule has 0 heterocycles. The summed E-state index contributed by atoms with van der Waals surface area (Å²) in [7, 11) is 7.32. The molecular formula is C29H36O4. The van der Waals surface area contributed by atoms with Crippen LogP contribution >= 0.6 is 0 Å². The second-order valence-electron chi connectivity index (χ2n) is 10.6. The predicted octanol–water partition coefficient (Wildman–Crippen LogP) is 6.66. The lowest BCUT2D eigenvalue weighted by Crippen LogP contribution is -2.12. The highest BCUT2D eigenvalue weighted by Gasteiger charge is 2.45. The molecule has 4 nitrogen and oxygen atoms in total. The summed E-state index contributed by atoms with van der Waals surface area (Å²) in [5.41, 5.74) is 10.6. The summed E-state index contributed by atoms with van der Waals surface area (Å²) in [6.45, 7) is 4.41. The third-order valence-corrected chi connectivity index (χ3v) is 9.36. The Kier molecular flexibility index (Phi) is 4.87. The Balaban J connectivity index is 1.57. The molecule has 4 aliphatic carbocycles. The van der Waals surface area contributed by atoms with Gasteiger partial charge in [0.25, 0.3) is 0 Å². The van der Waals surface area contributed by atoms with E-state index in [9.17, 15) is 0 Å². The molecule has 4 aliphatic rings. The molecule has 0 unspecified atom stereocenters. The topological polar surface area (TPSA) is 36.9 Å². The van der Waals surface area contributed by atoms with Crippen LogP contribution in [0.4, 0.5) is 0 Å². The van der Waals surface area contributed by atoms with Crippen molar-refractivity contribution in [3.8, 4) is 23.0 Å². The van der Waals surface area contributed by atoms with E-state index in [2.05, 4.69) is 13.8 Å². The zero-order valence-electron chi connectivity index (χ0n) is 20.9. The Morgan fingerprint density at radius 3 is 1.12 bits per heavy atom. The second-order valence-corrected chi connectivity index (χ2v) is 10.6. The molecule has 4 heteroatoms. The molecule has 4 bridgehead atoms. The van der Waals surface area contributed by atoms with E-state index < -0.39 is 0 Å². The number of rotatable bonds is 6. The molecule has 6 rings (SSSR count). The van der Waals surface area contributed by atoms with Crippen LogP contribution in [0.15, 0.2) is 0 Å². The first-order valence-corrected chi connectivity index (χ1v) is 12.6. The van der Waals surface area contributed by atoms with Crippen LogP contribution < -0.4 is 18.9 Å². The summed E-state index contributed by atoms with van der Waals surface area (Å²) in [4.78, 5) is 0. The third kappa shape index (κ3) is 2.70. The molecule has 2 fully saturated rings. The Labute approximate surface area is 197 Å². The van der Waals surface area contributed by atoms with Crippen LogP contribution in [0.5, 0.6) is 23.0 Å². The molecule has 0 radical (unpaired) electrons. The van der Waals surface area contributed by atoms with Crippen molar-refractivity contribution in [2.24, 2.45) is 0 Å². The van der Waals surface area contributed by atoms with Crippen LogP contribution in [-0.2, 0) is 6.42 Å². The quantitative estimate of drug-likeness (QED) is 0.495. The van der Waals surface area contributed by atoms with Crippen molar-refractivity contribution in [1.29, 1.82) is 0 Å². The van der Waals surface area contributed by atoms with Crippen molar-refractivity contribution >= 4 is 0 Å². The molecule has 0 spiro atoms. The average Bonchev–Trinajstić information content (AvgIpc) is 3.61. The van der Waals surface area contributed by atoms with Gasteiger partial charge in [-0.2, -0.15) is 0 Å². The van der Waals surface area contributed by atoms with E-state index >= 15 is 0 Å². The fraction of sp³-hybridized carbons (Fsp3) is 0.586. The number of hydrogen-bond donors (Lipinski definition) is 0. The minimum Gasteiger partial charge on any atom is -0.496 e. The van der Waals surface area contributed by atoms with Gasteiger partial charge < -0.3 is 18.9 Å². The van der Waals surface area contributed by atoms with Crippen LogP contribution in [-0.4, -0.2) is 28.4 Å². The van der Waals surface area contributed by atoms with Gasteiger partial charge in [0.05, 0.1) is 28.4 Å². The van der Waals surface area contributed by atoms with E-state index in [1.54, 1.807) is 0 Å². The molecule has 4 atom stereocenters. The Morgan fingerprint density at radius 1 is 0.515 bits per heavy atom. The van der Waals surface area contributed by atoms with Gasteiger partial charge in [0.15, 0.2) is 0 Å². The molecule has 0 aromatic heterocycles. The van der Waals surface area contributed by atoms with E-state index in [1.165, 1.54) is 83.0 Å². The normalized spacial score (nSPS) is 25.9. The zero-order chi connectivity index (χ0) is 23.0. The van der Waals surface area contributed by atoms with E-state index in [0.29, 0.717) is 23.7 Å².